The van der Waals surface area contributed by atoms with Crippen molar-refractivity contribution in [1.29, 1.82) is 0 Å². The summed E-state index contributed by atoms with van der Waals surface area (Å²) in [6, 6.07) is 6.13. The lowest BCUT2D eigenvalue weighted by Gasteiger charge is -2.09. The topological polar surface area (TPSA) is 51.8 Å². The normalized spacial score (nSPS) is 12.5. The number of rotatable bonds is 2. The van der Waals surface area contributed by atoms with Gasteiger partial charge in [-0.1, -0.05) is 12.1 Å². The fourth-order valence-electron chi connectivity index (χ4n) is 1.69. The zero-order valence-electron chi connectivity index (χ0n) is 9.81. The summed E-state index contributed by atoms with van der Waals surface area (Å²) >= 11 is 0. The first-order valence-electron chi connectivity index (χ1n) is 5.43. The van der Waals surface area contributed by atoms with Crippen LogP contribution in [0.4, 0.5) is 4.39 Å². The fourth-order valence-corrected chi connectivity index (χ4v) is 1.69. The van der Waals surface area contributed by atoms with Crippen molar-refractivity contribution in [2.75, 3.05) is 0 Å². The van der Waals surface area contributed by atoms with Crippen LogP contribution in [0.5, 0.6) is 0 Å². The Hall–Kier alpha value is -1.81. The number of hydrogen-bond acceptors (Lipinski definition) is 3. The molecule has 0 spiro atoms. The van der Waals surface area contributed by atoms with E-state index in [4.69, 9.17) is 5.73 Å². The highest BCUT2D eigenvalue weighted by Gasteiger charge is 2.08. The van der Waals surface area contributed by atoms with Gasteiger partial charge in [0.05, 0.1) is 0 Å². The van der Waals surface area contributed by atoms with Gasteiger partial charge < -0.3 is 5.73 Å². The van der Waals surface area contributed by atoms with E-state index in [1.807, 2.05) is 13.8 Å². The lowest BCUT2D eigenvalue weighted by atomic mass is 10.1. The first-order chi connectivity index (χ1) is 8.08. The van der Waals surface area contributed by atoms with Crippen molar-refractivity contribution in [2.24, 2.45) is 5.73 Å². The summed E-state index contributed by atoms with van der Waals surface area (Å²) in [5.74, 6) is 0.228. The minimum Gasteiger partial charge on any atom is -0.324 e. The van der Waals surface area contributed by atoms with E-state index in [0.717, 1.165) is 11.3 Å². The van der Waals surface area contributed by atoms with Crippen molar-refractivity contribution in [3.05, 3.63) is 47.5 Å². The van der Waals surface area contributed by atoms with Gasteiger partial charge in [0.25, 0.3) is 0 Å². The highest BCUT2D eigenvalue weighted by Crippen LogP contribution is 2.19. The second-order valence-corrected chi connectivity index (χ2v) is 4.03. The molecule has 88 valence electrons. The summed E-state index contributed by atoms with van der Waals surface area (Å²) in [6.07, 6.45) is 1.70. The van der Waals surface area contributed by atoms with Crippen LogP contribution in [0.1, 0.15) is 24.2 Å². The number of aryl methyl sites for hydroxylation is 1. The predicted molar refractivity (Wildman–Crippen MR) is 64.8 cm³/mol. The zero-order chi connectivity index (χ0) is 12.4. The molecule has 0 radical (unpaired) electrons. The number of aromatic nitrogens is 2. The molecule has 0 saturated carbocycles. The molecule has 2 aromatic rings. The van der Waals surface area contributed by atoms with E-state index >= 15 is 0 Å². The first-order valence-corrected chi connectivity index (χ1v) is 5.43. The van der Waals surface area contributed by atoms with Gasteiger partial charge in [-0.05, 0) is 26.0 Å². The molecule has 1 aromatic heterocycles. The molecule has 17 heavy (non-hydrogen) atoms. The molecule has 1 heterocycles. The summed E-state index contributed by atoms with van der Waals surface area (Å²) < 4.78 is 13.1. The van der Waals surface area contributed by atoms with E-state index in [1.54, 1.807) is 18.3 Å². The predicted octanol–water partition coefficient (Wildman–Crippen LogP) is 2.61. The molecule has 2 N–H and O–H groups in total. The van der Waals surface area contributed by atoms with Crippen LogP contribution in [0.2, 0.25) is 0 Å². The van der Waals surface area contributed by atoms with Crippen molar-refractivity contribution < 1.29 is 4.39 Å². The van der Waals surface area contributed by atoms with Gasteiger partial charge in [0.15, 0.2) is 5.82 Å². The van der Waals surface area contributed by atoms with Crippen LogP contribution < -0.4 is 5.73 Å². The molecule has 4 heteroatoms. The number of hydrogen-bond donors (Lipinski definition) is 1. The average Bonchev–Trinajstić information content (AvgIpc) is 2.28. The van der Waals surface area contributed by atoms with Gasteiger partial charge in [0.2, 0.25) is 0 Å². The molecule has 1 aromatic carbocycles. The van der Waals surface area contributed by atoms with Crippen LogP contribution in [-0.4, -0.2) is 9.97 Å². The summed E-state index contributed by atoms with van der Waals surface area (Å²) in [4.78, 5) is 8.56. The van der Waals surface area contributed by atoms with Crippen LogP contribution in [0.15, 0.2) is 30.5 Å². The van der Waals surface area contributed by atoms with Crippen molar-refractivity contribution in [3.8, 4) is 11.4 Å². The standard InChI is InChI=1S/C13H14FN3/c1-8(15)12-7-16-13(17-9(12)2)10-4-3-5-11(14)6-10/h3-8H,15H2,1-2H3. The summed E-state index contributed by atoms with van der Waals surface area (Å²) in [5.41, 5.74) is 8.19. The quantitative estimate of drug-likeness (QED) is 0.864. The van der Waals surface area contributed by atoms with Crippen molar-refractivity contribution in [1.82, 2.24) is 9.97 Å². The van der Waals surface area contributed by atoms with Crippen molar-refractivity contribution >= 4 is 0 Å². The van der Waals surface area contributed by atoms with E-state index in [0.29, 0.717) is 11.4 Å². The van der Waals surface area contributed by atoms with E-state index in [-0.39, 0.29) is 11.9 Å². The molecule has 0 saturated heterocycles. The third-order valence-electron chi connectivity index (χ3n) is 2.59. The SMILES string of the molecule is Cc1nc(-c2cccc(F)c2)ncc1C(C)N. The van der Waals surface area contributed by atoms with Crippen LogP contribution >= 0.6 is 0 Å². The van der Waals surface area contributed by atoms with Crippen molar-refractivity contribution in [3.63, 3.8) is 0 Å². The minimum absolute atomic E-state index is 0.100. The van der Waals surface area contributed by atoms with E-state index in [2.05, 4.69) is 9.97 Å². The van der Waals surface area contributed by atoms with Crippen molar-refractivity contribution in [2.45, 2.75) is 19.9 Å². The number of halogens is 1. The van der Waals surface area contributed by atoms with E-state index in [9.17, 15) is 4.39 Å². The first kappa shape index (κ1) is 11.7. The third kappa shape index (κ3) is 2.47. The summed E-state index contributed by atoms with van der Waals surface area (Å²) in [7, 11) is 0. The molecule has 0 aliphatic rings. The van der Waals surface area contributed by atoms with Gasteiger partial charge in [0.1, 0.15) is 5.82 Å². The monoisotopic (exact) mass is 231 g/mol. The molecule has 1 atom stereocenters. The maximum absolute atomic E-state index is 13.1. The van der Waals surface area contributed by atoms with E-state index in [1.165, 1.54) is 12.1 Å². The van der Waals surface area contributed by atoms with Crippen LogP contribution in [-0.2, 0) is 0 Å². The van der Waals surface area contributed by atoms with Crippen LogP contribution in [0.25, 0.3) is 11.4 Å². The Balaban J connectivity index is 2.44. The molecular weight excluding hydrogens is 217 g/mol. The number of benzene rings is 1. The van der Waals surface area contributed by atoms with Gasteiger partial charge in [-0.2, -0.15) is 0 Å². The highest BCUT2D eigenvalue weighted by atomic mass is 19.1. The van der Waals surface area contributed by atoms with E-state index < -0.39 is 0 Å². The fraction of sp³-hybridized carbons (Fsp3) is 0.231. The maximum atomic E-state index is 13.1. The largest absolute Gasteiger partial charge is 0.324 e. The van der Waals surface area contributed by atoms with Gasteiger partial charge in [-0.25, -0.2) is 14.4 Å². The minimum atomic E-state index is -0.292. The second-order valence-electron chi connectivity index (χ2n) is 4.03. The molecule has 0 fully saturated rings. The zero-order valence-corrected chi connectivity index (χ0v) is 9.81. The van der Waals surface area contributed by atoms with Crippen LogP contribution in [0, 0.1) is 12.7 Å². The summed E-state index contributed by atoms with van der Waals surface area (Å²) in [5, 5.41) is 0. The Morgan fingerprint density at radius 1 is 1.35 bits per heavy atom. The van der Waals surface area contributed by atoms with Gasteiger partial charge >= 0.3 is 0 Å². The summed E-state index contributed by atoms with van der Waals surface area (Å²) in [6.45, 7) is 3.76. The molecule has 0 amide bonds. The smallest absolute Gasteiger partial charge is 0.159 e. The van der Waals surface area contributed by atoms with Gasteiger partial charge in [0, 0.05) is 29.1 Å². The van der Waals surface area contributed by atoms with Crippen LogP contribution in [0.3, 0.4) is 0 Å². The Kier molecular flexibility index (Phi) is 3.15. The molecule has 0 aliphatic carbocycles. The van der Waals surface area contributed by atoms with Gasteiger partial charge in [-0.3, -0.25) is 0 Å². The van der Waals surface area contributed by atoms with Gasteiger partial charge in [-0.15, -0.1) is 0 Å². The number of nitrogens with two attached hydrogens (primary N) is 1. The Bertz CT molecular complexity index is 538. The Morgan fingerprint density at radius 2 is 2.12 bits per heavy atom. The molecule has 2 rings (SSSR count). The number of nitrogens with zero attached hydrogens (tertiary/aromatic N) is 2. The second kappa shape index (κ2) is 4.59. The lowest BCUT2D eigenvalue weighted by Crippen LogP contribution is -2.09. The Labute approximate surface area is 99.5 Å². The third-order valence-corrected chi connectivity index (χ3v) is 2.59. The Morgan fingerprint density at radius 3 is 2.71 bits per heavy atom. The molecule has 0 aliphatic heterocycles. The highest BCUT2D eigenvalue weighted by molar-refractivity contribution is 5.55. The molecular formula is C13H14FN3. The maximum Gasteiger partial charge on any atom is 0.159 e. The molecule has 1 unspecified atom stereocenters. The lowest BCUT2D eigenvalue weighted by molar-refractivity contribution is 0.628. The molecule has 3 nitrogen and oxygen atoms in total. The average molecular weight is 231 g/mol. The molecule has 0 bridgehead atoms.